The van der Waals surface area contributed by atoms with E-state index in [1.807, 2.05) is 6.08 Å². The molecule has 0 aromatic rings. The molecular formula is C57H92O6. The Morgan fingerprint density at radius 2 is 0.714 bits per heavy atom. The van der Waals surface area contributed by atoms with E-state index < -0.39 is 6.10 Å². The number of esters is 3. The molecule has 6 nitrogen and oxygen atoms in total. The maximum absolute atomic E-state index is 12.8. The van der Waals surface area contributed by atoms with Gasteiger partial charge in [0.15, 0.2) is 6.10 Å². The summed E-state index contributed by atoms with van der Waals surface area (Å²) in [6.07, 6.45) is 67.9. The maximum atomic E-state index is 12.8. The summed E-state index contributed by atoms with van der Waals surface area (Å²) in [6.45, 7) is 6.37. The Balaban J connectivity index is 4.54. The topological polar surface area (TPSA) is 78.9 Å². The van der Waals surface area contributed by atoms with Crippen LogP contribution in [0.25, 0.3) is 0 Å². The molecule has 356 valence electrons. The Morgan fingerprint density at radius 1 is 0.349 bits per heavy atom. The Bertz CT molecular complexity index is 1330. The molecule has 0 radical (unpaired) electrons. The van der Waals surface area contributed by atoms with Gasteiger partial charge in [-0.1, -0.05) is 207 Å². The zero-order chi connectivity index (χ0) is 45.8. The van der Waals surface area contributed by atoms with Crippen LogP contribution in [-0.2, 0) is 28.6 Å². The van der Waals surface area contributed by atoms with Crippen molar-refractivity contribution in [3.8, 4) is 0 Å². The SMILES string of the molecule is CC/C=C/C/C=C/C/C=C/CCCCCCC(=O)OC(COC(=O)CC/C=C/C/C=C/CCCCCCCC)COC(=O)CCCCCCC/C=C/C=C/C=C/C=C/CCCCC. The number of carbonyl (C=O) groups excluding carboxylic acids is 3. The van der Waals surface area contributed by atoms with E-state index in [1.165, 1.54) is 57.8 Å². The third-order valence-electron chi connectivity index (χ3n) is 10.3. The Labute approximate surface area is 387 Å². The molecule has 0 aliphatic rings. The molecule has 0 rings (SSSR count). The van der Waals surface area contributed by atoms with Crippen molar-refractivity contribution >= 4 is 17.9 Å². The van der Waals surface area contributed by atoms with Crippen molar-refractivity contribution in [3.05, 3.63) is 109 Å². The molecule has 0 amide bonds. The lowest BCUT2D eigenvalue weighted by Gasteiger charge is -2.18. The van der Waals surface area contributed by atoms with Gasteiger partial charge in [0.1, 0.15) is 13.2 Å². The quantitative estimate of drug-likeness (QED) is 0.0199. The zero-order valence-electron chi connectivity index (χ0n) is 40.5. The molecule has 0 N–H and O–H groups in total. The number of carbonyl (C=O) groups is 3. The van der Waals surface area contributed by atoms with Crippen molar-refractivity contribution in [2.24, 2.45) is 0 Å². The van der Waals surface area contributed by atoms with Gasteiger partial charge in [0, 0.05) is 19.3 Å². The van der Waals surface area contributed by atoms with Crippen molar-refractivity contribution in [3.63, 3.8) is 0 Å². The molecule has 0 aliphatic heterocycles. The fraction of sp³-hybridized carbons (Fsp3) is 0.632. The van der Waals surface area contributed by atoms with Crippen LogP contribution in [0.5, 0.6) is 0 Å². The lowest BCUT2D eigenvalue weighted by atomic mass is 10.1. The van der Waals surface area contributed by atoms with E-state index in [-0.39, 0.29) is 44.0 Å². The molecule has 6 heteroatoms. The Kier molecular flexibility index (Phi) is 47.5. The first kappa shape index (κ1) is 59.1. The van der Waals surface area contributed by atoms with E-state index in [2.05, 4.69) is 124 Å². The molecule has 0 aliphatic carbocycles. The van der Waals surface area contributed by atoms with Gasteiger partial charge in [-0.15, -0.1) is 0 Å². The largest absolute Gasteiger partial charge is 0.462 e. The van der Waals surface area contributed by atoms with Gasteiger partial charge in [0.25, 0.3) is 0 Å². The number of rotatable bonds is 44. The van der Waals surface area contributed by atoms with Crippen molar-refractivity contribution in [1.29, 1.82) is 0 Å². The second-order valence-electron chi connectivity index (χ2n) is 16.4. The van der Waals surface area contributed by atoms with Gasteiger partial charge in [-0.2, -0.15) is 0 Å². The van der Waals surface area contributed by atoms with Crippen LogP contribution < -0.4 is 0 Å². The summed E-state index contributed by atoms with van der Waals surface area (Å²) in [5.74, 6) is -1.04. The fourth-order valence-electron chi connectivity index (χ4n) is 6.52. The van der Waals surface area contributed by atoms with E-state index in [0.717, 1.165) is 109 Å². The highest BCUT2D eigenvalue weighted by molar-refractivity contribution is 5.71. The first-order valence-corrected chi connectivity index (χ1v) is 25.4. The van der Waals surface area contributed by atoms with Crippen LogP contribution in [-0.4, -0.2) is 37.2 Å². The molecule has 0 aromatic heterocycles. The number of hydrogen-bond acceptors (Lipinski definition) is 6. The van der Waals surface area contributed by atoms with Crippen LogP contribution in [0, 0.1) is 0 Å². The second kappa shape index (κ2) is 50.7. The standard InChI is InChI=1S/C57H92O6/c1-4-7-10-13-16-19-22-25-27-28-29-30-33-35-38-41-44-47-50-56(59)62-53-54(52-61-55(58)49-46-43-40-37-34-31-24-21-18-15-12-9-6-3)63-57(60)51-48-45-42-39-36-32-26-23-20-17-14-11-8-5-2/h8,11,16-17,19-20,22,25-32,34,40,43,54H,4-7,9-10,12-15,18,21,23-24,33,35-39,41-42,44-53H2,1-3H3/b11-8+,19-16+,20-17+,25-22+,28-27+,30-29+,32-26+,34-31+,43-40+. The highest BCUT2D eigenvalue weighted by Crippen LogP contribution is 2.12. The van der Waals surface area contributed by atoms with Crippen LogP contribution in [0.4, 0.5) is 0 Å². The summed E-state index contributed by atoms with van der Waals surface area (Å²) in [5.41, 5.74) is 0. The van der Waals surface area contributed by atoms with Gasteiger partial charge >= 0.3 is 17.9 Å². The van der Waals surface area contributed by atoms with Crippen LogP contribution in [0.15, 0.2) is 109 Å². The first-order chi connectivity index (χ1) is 31.0. The molecule has 0 saturated heterocycles. The fourth-order valence-corrected chi connectivity index (χ4v) is 6.52. The molecule has 0 saturated carbocycles. The minimum Gasteiger partial charge on any atom is -0.462 e. The number of allylic oxidation sites excluding steroid dienone is 18. The zero-order valence-corrected chi connectivity index (χ0v) is 40.5. The van der Waals surface area contributed by atoms with Gasteiger partial charge in [-0.25, -0.2) is 0 Å². The predicted octanol–water partition coefficient (Wildman–Crippen LogP) is 16.8. The summed E-state index contributed by atoms with van der Waals surface area (Å²) >= 11 is 0. The normalized spacial score (nSPS) is 13.0. The first-order valence-electron chi connectivity index (χ1n) is 25.4. The van der Waals surface area contributed by atoms with E-state index >= 15 is 0 Å². The third kappa shape index (κ3) is 49.0. The van der Waals surface area contributed by atoms with Gasteiger partial charge in [-0.05, 0) is 96.3 Å². The van der Waals surface area contributed by atoms with Gasteiger partial charge in [0.05, 0.1) is 0 Å². The molecule has 63 heavy (non-hydrogen) atoms. The minimum atomic E-state index is -0.823. The van der Waals surface area contributed by atoms with Crippen molar-refractivity contribution < 1.29 is 28.6 Å². The number of hydrogen-bond donors (Lipinski definition) is 0. The van der Waals surface area contributed by atoms with E-state index in [4.69, 9.17) is 14.2 Å². The molecule has 0 spiro atoms. The smallest absolute Gasteiger partial charge is 0.306 e. The summed E-state index contributed by atoms with van der Waals surface area (Å²) in [6, 6.07) is 0. The lowest BCUT2D eigenvalue weighted by molar-refractivity contribution is -0.166. The summed E-state index contributed by atoms with van der Waals surface area (Å²) in [4.78, 5) is 37.9. The Hall–Kier alpha value is -3.93. The predicted molar refractivity (Wildman–Crippen MR) is 270 cm³/mol. The molecule has 0 fully saturated rings. The average molecular weight is 873 g/mol. The molecule has 0 bridgehead atoms. The van der Waals surface area contributed by atoms with Crippen molar-refractivity contribution in [1.82, 2.24) is 0 Å². The second-order valence-corrected chi connectivity index (χ2v) is 16.4. The van der Waals surface area contributed by atoms with E-state index in [9.17, 15) is 14.4 Å². The van der Waals surface area contributed by atoms with Gasteiger partial charge in [-0.3, -0.25) is 14.4 Å². The van der Waals surface area contributed by atoms with E-state index in [0.29, 0.717) is 12.8 Å². The van der Waals surface area contributed by atoms with Crippen molar-refractivity contribution in [2.45, 2.75) is 219 Å². The van der Waals surface area contributed by atoms with E-state index in [1.54, 1.807) is 0 Å². The molecule has 0 aromatic carbocycles. The highest BCUT2D eigenvalue weighted by Gasteiger charge is 2.19. The highest BCUT2D eigenvalue weighted by atomic mass is 16.6. The van der Waals surface area contributed by atoms with Crippen LogP contribution in [0.3, 0.4) is 0 Å². The summed E-state index contributed by atoms with van der Waals surface area (Å²) in [7, 11) is 0. The maximum Gasteiger partial charge on any atom is 0.306 e. The molecule has 0 heterocycles. The van der Waals surface area contributed by atoms with Crippen LogP contribution in [0.1, 0.15) is 213 Å². The van der Waals surface area contributed by atoms with Crippen LogP contribution >= 0.6 is 0 Å². The number of ether oxygens (including phenoxy) is 3. The minimum absolute atomic E-state index is 0.119. The van der Waals surface area contributed by atoms with Gasteiger partial charge in [0.2, 0.25) is 0 Å². The van der Waals surface area contributed by atoms with Crippen molar-refractivity contribution in [2.75, 3.05) is 13.2 Å². The summed E-state index contributed by atoms with van der Waals surface area (Å²) < 4.78 is 16.7. The van der Waals surface area contributed by atoms with Gasteiger partial charge < -0.3 is 14.2 Å². The Morgan fingerprint density at radius 3 is 1.24 bits per heavy atom. The molecular weight excluding hydrogens is 781 g/mol. The molecule has 1 atom stereocenters. The lowest BCUT2D eigenvalue weighted by Crippen LogP contribution is -2.30. The van der Waals surface area contributed by atoms with Crippen LogP contribution in [0.2, 0.25) is 0 Å². The summed E-state index contributed by atoms with van der Waals surface area (Å²) in [5, 5.41) is 0. The number of unbranched alkanes of at least 4 members (excludes halogenated alkanes) is 18. The monoisotopic (exact) mass is 873 g/mol. The molecule has 1 unspecified atom stereocenters. The average Bonchev–Trinajstić information content (AvgIpc) is 3.28. The third-order valence-corrected chi connectivity index (χ3v) is 10.3.